The third-order valence-corrected chi connectivity index (χ3v) is 5.50. The number of aliphatic hydroxyl groups is 1. The van der Waals surface area contributed by atoms with Crippen LogP contribution in [0, 0.1) is 0 Å². The summed E-state index contributed by atoms with van der Waals surface area (Å²) in [5, 5.41) is 11.1. The lowest BCUT2D eigenvalue weighted by atomic mass is 10.1. The van der Waals surface area contributed by atoms with Crippen LogP contribution in [0.5, 0.6) is 0 Å². The van der Waals surface area contributed by atoms with Gasteiger partial charge in [-0.25, -0.2) is 4.98 Å². The smallest absolute Gasteiger partial charge is 0.257 e. The second kappa shape index (κ2) is 14.2. The van der Waals surface area contributed by atoms with Gasteiger partial charge in [0.15, 0.2) is 5.13 Å². The molecule has 0 saturated carbocycles. The van der Waals surface area contributed by atoms with Crippen molar-refractivity contribution in [3.05, 3.63) is 106 Å². The molecule has 0 radical (unpaired) electrons. The Labute approximate surface area is 204 Å². The van der Waals surface area contributed by atoms with Crippen molar-refractivity contribution in [2.75, 3.05) is 12.4 Å². The molecule has 0 fully saturated rings. The van der Waals surface area contributed by atoms with Crippen molar-refractivity contribution in [1.29, 1.82) is 0 Å². The van der Waals surface area contributed by atoms with E-state index in [9.17, 15) is 4.79 Å². The maximum absolute atomic E-state index is 12.6. The van der Waals surface area contributed by atoms with E-state index in [0.29, 0.717) is 15.7 Å². The molecule has 0 atom stereocenters. The average Bonchev–Trinajstić information content (AvgIpc) is 3.24. The van der Waals surface area contributed by atoms with E-state index < -0.39 is 0 Å². The number of halogens is 1. The number of aromatic nitrogens is 1. The minimum absolute atomic E-state index is 0.198. The van der Waals surface area contributed by atoms with Gasteiger partial charge < -0.3 is 5.11 Å². The zero-order valence-electron chi connectivity index (χ0n) is 19.1. The van der Waals surface area contributed by atoms with Crippen LogP contribution in [0.3, 0.4) is 0 Å². The molecule has 0 bridgehead atoms. The van der Waals surface area contributed by atoms with Crippen molar-refractivity contribution in [2.24, 2.45) is 0 Å². The number of carbonyl (C=O) groups excluding carboxylic acids is 1. The molecule has 6 heteroatoms. The first-order chi connectivity index (χ1) is 16.1. The summed E-state index contributed by atoms with van der Waals surface area (Å²) < 4.78 is 0. The Morgan fingerprint density at radius 2 is 1.45 bits per heavy atom. The van der Waals surface area contributed by atoms with Crippen LogP contribution in [0.2, 0.25) is 5.02 Å². The third kappa shape index (κ3) is 8.13. The third-order valence-electron chi connectivity index (χ3n) is 4.28. The summed E-state index contributed by atoms with van der Waals surface area (Å²) in [6, 6.07) is 27.1. The van der Waals surface area contributed by atoms with Gasteiger partial charge in [0, 0.05) is 34.6 Å². The fourth-order valence-corrected chi connectivity index (χ4v) is 4.04. The predicted molar refractivity (Wildman–Crippen MR) is 140 cm³/mol. The lowest BCUT2D eigenvalue weighted by molar-refractivity contribution is 0.102. The van der Waals surface area contributed by atoms with Crippen LogP contribution >= 0.6 is 22.9 Å². The Morgan fingerprint density at radius 1 is 0.909 bits per heavy atom. The number of amides is 1. The number of hydrogen-bond acceptors (Lipinski definition) is 4. The highest BCUT2D eigenvalue weighted by Crippen LogP contribution is 2.33. The Kier molecular flexibility index (Phi) is 11.3. The topological polar surface area (TPSA) is 62.2 Å². The van der Waals surface area contributed by atoms with Gasteiger partial charge in [-0.15, -0.1) is 11.3 Å². The molecule has 33 heavy (non-hydrogen) atoms. The molecule has 0 unspecified atom stereocenters. The van der Waals surface area contributed by atoms with Gasteiger partial charge in [-0.2, -0.15) is 0 Å². The minimum Gasteiger partial charge on any atom is -0.400 e. The second-order valence-electron chi connectivity index (χ2n) is 6.99. The standard InChI is InChI=1S/C23H17ClN2OS.C3H8.CH4O/c24-19-13-11-18(12-14-19)22(27)26-23-25-21(17-9-5-2-6-10-17)20(28-23)15-16-7-3-1-4-8-16;1-3-2;1-2/h1-14H,15H2,(H,25,26,27);3H2,1-2H3;2H,1H3. The fourth-order valence-electron chi connectivity index (χ4n) is 2.90. The summed E-state index contributed by atoms with van der Waals surface area (Å²) in [5.41, 5.74) is 3.70. The Hall–Kier alpha value is -2.99. The van der Waals surface area contributed by atoms with Gasteiger partial charge in [0.2, 0.25) is 0 Å². The molecule has 1 amide bonds. The van der Waals surface area contributed by atoms with Crippen LogP contribution in [-0.4, -0.2) is 23.1 Å². The number of aliphatic hydroxyl groups excluding tert-OH is 1. The van der Waals surface area contributed by atoms with Crippen molar-refractivity contribution in [3.8, 4) is 11.3 Å². The SMILES string of the molecule is CCC.CO.O=C(Nc1nc(-c2ccccc2)c(Cc2ccccc2)s1)c1ccc(Cl)cc1. The summed E-state index contributed by atoms with van der Waals surface area (Å²) in [6.07, 6.45) is 2.01. The largest absolute Gasteiger partial charge is 0.400 e. The van der Waals surface area contributed by atoms with Gasteiger partial charge in [-0.1, -0.05) is 92.5 Å². The minimum atomic E-state index is -0.198. The summed E-state index contributed by atoms with van der Waals surface area (Å²) in [7, 11) is 1.00. The van der Waals surface area contributed by atoms with E-state index in [0.717, 1.165) is 29.7 Å². The molecule has 4 rings (SSSR count). The number of rotatable bonds is 5. The van der Waals surface area contributed by atoms with Crippen LogP contribution in [0.25, 0.3) is 11.3 Å². The van der Waals surface area contributed by atoms with Crippen molar-refractivity contribution in [2.45, 2.75) is 26.7 Å². The number of nitrogens with zero attached hydrogens (tertiary/aromatic N) is 1. The molecule has 1 aromatic heterocycles. The van der Waals surface area contributed by atoms with E-state index in [-0.39, 0.29) is 5.91 Å². The first-order valence-corrected chi connectivity index (χ1v) is 11.9. The molecular formula is C27H29ClN2O2S. The molecule has 0 aliphatic heterocycles. The Morgan fingerprint density at radius 3 is 2.03 bits per heavy atom. The normalized spacial score (nSPS) is 9.73. The number of nitrogens with one attached hydrogen (secondary N) is 1. The summed E-state index contributed by atoms with van der Waals surface area (Å²) in [4.78, 5) is 18.4. The number of carbonyl (C=O) groups is 1. The fraction of sp³-hybridized carbons (Fsp3) is 0.185. The summed E-state index contributed by atoms with van der Waals surface area (Å²) in [6.45, 7) is 4.25. The van der Waals surface area contributed by atoms with Crippen molar-refractivity contribution in [3.63, 3.8) is 0 Å². The lowest BCUT2D eigenvalue weighted by Crippen LogP contribution is -2.11. The van der Waals surface area contributed by atoms with Crippen LogP contribution in [0.1, 0.15) is 41.1 Å². The van der Waals surface area contributed by atoms with Gasteiger partial charge in [0.25, 0.3) is 5.91 Å². The van der Waals surface area contributed by atoms with Crippen LogP contribution < -0.4 is 5.32 Å². The molecule has 4 aromatic rings. The molecule has 3 aromatic carbocycles. The molecule has 1 heterocycles. The summed E-state index contributed by atoms with van der Waals surface area (Å²) >= 11 is 7.41. The first-order valence-electron chi connectivity index (χ1n) is 10.7. The van der Waals surface area contributed by atoms with Crippen molar-refractivity contribution >= 4 is 34.0 Å². The van der Waals surface area contributed by atoms with Gasteiger partial charge >= 0.3 is 0 Å². The quantitative estimate of drug-likeness (QED) is 0.314. The molecular weight excluding hydrogens is 452 g/mol. The van der Waals surface area contributed by atoms with E-state index in [2.05, 4.69) is 31.3 Å². The van der Waals surface area contributed by atoms with Crippen molar-refractivity contribution < 1.29 is 9.90 Å². The second-order valence-corrected chi connectivity index (χ2v) is 8.51. The van der Waals surface area contributed by atoms with Gasteiger partial charge in [-0.05, 0) is 29.8 Å². The van der Waals surface area contributed by atoms with E-state index in [1.807, 2.05) is 48.5 Å². The van der Waals surface area contributed by atoms with E-state index in [4.69, 9.17) is 21.7 Å². The molecule has 0 aliphatic carbocycles. The first kappa shape index (κ1) is 26.3. The monoisotopic (exact) mass is 480 g/mol. The molecule has 172 valence electrons. The maximum atomic E-state index is 12.6. The maximum Gasteiger partial charge on any atom is 0.257 e. The molecule has 0 spiro atoms. The number of thiazole rings is 1. The van der Waals surface area contributed by atoms with E-state index >= 15 is 0 Å². The number of benzene rings is 3. The summed E-state index contributed by atoms with van der Waals surface area (Å²) in [5.74, 6) is -0.198. The molecule has 0 aliphatic rings. The Bertz CT molecular complexity index is 1100. The molecule has 4 nitrogen and oxygen atoms in total. The zero-order chi connectivity index (χ0) is 24.1. The zero-order valence-corrected chi connectivity index (χ0v) is 20.7. The molecule has 2 N–H and O–H groups in total. The van der Waals surface area contributed by atoms with Gasteiger partial charge in [-0.3, -0.25) is 10.1 Å². The average molecular weight is 481 g/mol. The lowest BCUT2D eigenvalue weighted by Gasteiger charge is -2.02. The number of hydrogen-bond donors (Lipinski definition) is 2. The predicted octanol–water partition coefficient (Wildman–Crippen LogP) is 7.33. The Balaban J connectivity index is 0.000000714. The van der Waals surface area contributed by atoms with Crippen LogP contribution in [-0.2, 0) is 6.42 Å². The highest BCUT2D eigenvalue weighted by atomic mass is 35.5. The van der Waals surface area contributed by atoms with Crippen LogP contribution in [0.4, 0.5) is 5.13 Å². The van der Waals surface area contributed by atoms with Crippen molar-refractivity contribution in [1.82, 2.24) is 4.98 Å². The van der Waals surface area contributed by atoms with Gasteiger partial charge in [0.1, 0.15) is 0 Å². The molecule has 0 saturated heterocycles. The number of anilines is 1. The highest BCUT2D eigenvalue weighted by molar-refractivity contribution is 7.16. The highest BCUT2D eigenvalue weighted by Gasteiger charge is 2.16. The van der Waals surface area contributed by atoms with E-state index in [1.54, 1.807) is 24.3 Å². The van der Waals surface area contributed by atoms with Gasteiger partial charge in [0.05, 0.1) is 5.69 Å². The van der Waals surface area contributed by atoms with E-state index in [1.165, 1.54) is 23.3 Å². The van der Waals surface area contributed by atoms with Crippen LogP contribution in [0.15, 0.2) is 84.9 Å².